The third-order valence-electron chi connectivity index (χ3n) is 4.39. The van der Waals surface area contributed by atoms with Crippen LogP contribution in [-0.4, -0.2) is 7.11 Å². The average molecular weight is 366 g/mol. The molecule has 0 aliphatic rings. The van der Waals surface area contributed by atoms with Gasteiger partial charge in [-0.25, -0.2) is 4.79 Å². The molecule has 4 aromatic rings. The van der Waals surface area contributed by atoms with Crippen LogP contribution in [0.5, 0.6) is 5.95 Å². The van der Waals surface area contributed by atoms with Crippen LogP contribution in [0, 0.1) is 0 Å². The van der Waals surface area contributed by atoms with Gasteiger partial charge in [-0.1, -0.05) is 60.1 Å². The van der Waals surface area contributed by atoms with E-state index in [1.165, 1.54) is 23.4 Å². The summed E-state index contributed by atoms with van der Waals surface area (Å²) in [6.45, 7) is 0.641. The molecule has 0 saturated heterocycles. The second-order valence-electron chi connectivity index (χ2n) is 5.95. The van der Waals surface area contributed by atoms with Crippen molar-refractivity contribution < 1.29 is 9.15 Å². The average Bonchev–Trinajstić information content (AvgIpc) is 2.69. The van der Waals surface area contributed by atoms with Crippen LogP contribution in [0.3, 0.4) is 0 Å². The van der Waals surface area contributed by atoms with Gasteiger partial charge in [0.1, 0.15) is 5.02 Å². The number of hydrogen-bond donors (Lipinski definition) is 1. The quantitative estimate of drug-likeness (QED) is 0.538. The maximum atomic E-state index is 12.2. The molecule has 0 saturated carbocycles. The number of anilines is 1. The van der Waals surface area contributed by atoms with Gasteiger partial charge in [0, 0.05) is 17.6 Å². The summed E-state index contributed by atoms with van der Waals surface area (Å²) in [5, 5.41) is 7.09. The first kappa shape index (κ1) is 16.5. The molecule has 0 aliphatic carbocycles. The van der Waals surface area contributed by atoms with Crippen LogP contribution < -0.4 is 15.7 Å². The number of methoxy groups -OCH3 is 1. The van der Waals surface area contributed by atoms with Gasteiger partial charge >= 0.3 is 11.6 Å². The Balaban J connectivity index is 1.67. The molecule has 0 amide bonds. The topological polar surface area (TPSA) is 51.5 Å². The molecular formula is C21H16ClNO3. The highest BCUT2D eigenvalue weighted by Gasteiger charge is 2.13. The van der Waals surface area contributed by atoms with E-state index in [0.717, 1.165) is 5.69 Å². The Morgan fingerprint density at radius 3 is 2.65 bits per heavy atom. The molecule has 1 N–H and O–H groups in total. The third kappa shape index (κ3) is 2.89. The summed E-state index contributed by atoms with van der Waals surface area (Å²) in [5.74, 6) is 0.0284. The number of ether oxygens (including phenoxy) is 1. The first-order chi connectivity index (χ1) is 12.7. The lowest BCUT2D eigenvalue weighted by Crippen LogP contribution is -2.04. The number of fused-ring (bicyclic) bond motifs is 2. The molecule has 4 rings (SSSR count). The van der Waals surface area contributed by atoms with Gasteiger partial charge < -0.3 is 14.5 Å². The Hall–Kier alpha value is -2.98. The van der Waals surface area contributed by atoms with Crippen molar-refractivity contribution in [3.63, 3.8) is 0 Å². The van der Waals surface area contributed by atoms with Crippen molar-refractivity contribution in [3.05, 3.63) is 81.7 Å². The summed E-state index contributed by atoms with van der Waals surface area (Å²) < 4.78 is 10.1. The molecular weight excluding hydrogens is 350 g/mol. The molecule has 0 atom stereocenters. The number of nitrogens with one attached hydrogen (secondary N) is 1. The second kappa shape index (κ2) is 6.73. The van der Waals surface area contributed by atoms with Crippen LogP contribution in [0.25, 0.3) is 21.5 Å². The van der Waals surface area contributed by atoms with Gasteiger partial charge in [-0.05, 0) is 28.5 Å². The minimum atomic E-state index is -0.477. The Morgan fingerprint density at radius 2 is 1.81 bits per heavy atom. The summed E-state index contributed by atoms with van der Waals surface area (Å²) in [6, 6.07) is 19.9. The molecule has 5 heteroatoms. The SMILES string of the molecule is COc1oc(=O)c2cc(NCc3cccc4ccccc34)ccc2c1Cl. The van der Waals surface area contributed by atoms with Crippen molar-refractivity contribution >= 4 is 38.8 Å². The maximum Gasteiger partial charge on any atom is 0.346 e. The van der Waals surface area contributed by atoms with Gasteiger partial charge in [-0.3, -0.25) is 0 Å². The number of rotatable bonds is 4. The van der Waals surface area contributed by atoms with Crippen molar-refractivity contribution in [3.8, 4) is 5.95 Å². The smallest absolute Gasteiger partial charge is 0.346 e. The minimum absolute atomic E-state index is 0.0284. The fourth-order valence-corrected chi connectivity index (χ4v) is 3.36. The first-order valence-corrected chi connectivity index (χ1v) is 8.56. The molecule has 4 nitrogen and oxygen atoms in total. The molecule has 26 heavy (non-hydrogen) atoms. The number of benzene rings is 3. The van der Waals surface area contributed by atoms with Crippen molar-refractivity contribution in [1.82, 2.24) is 0 Å². The van der Waals surface area contributed by atoms with Gasteiger partial charge in [-0.15, -0.1) is 0 Å². The van der Waals surface area contributed by atoms with Crippen LogP contribution in [0.1, 0.15) is 5.56 Å². The van der Waals surface area contributed by atoms with Crippen LogP contribution in [0.15, 0.2) is 69.9 Å². The van der Waals surface area contributed by atoms with Crippen molar-refractivity contribution in [2.24, 2.45) is 0 Å². The summed E-state index contributed by atoms with van der Waals surface area (Å²) in [7, 11) is 1.41. The van der Waals surface area contributed by atoms with E-state index in [9.17, 15) is 4.79 Å². The second-order valence-corrected chi connectivity index (χ2v) is 6.33. The van der Waals surface area contributed by atoms with E-state index in [1.807, 2.05) is 24.3 Å². The third-order valence-corrected chi connectivity index (χ3v) is 4.75. The zero-order chi connectivity index (χ0) is 18.1. The lowest BCUT2D eigenvalue weighted by Gasteiger charge is -2.11. The Labute approximate surface area is 155 Å². The molecule has 1 heterocycles. The van der Waals surface area contributed by atoms with E-state index < -0.39 is 5.63 Å². The lowest BCUT2D eigenvalue weighted by molar-refractivity contribution is 0.289. The molecule has 0 fully saturated rings. The fraction of sp³-hybridized carbons (Fsp3) is 0.0952. The first-order valence-electron chi connectivity index (χ1n) is 8.18. The van der Waals surface area contributed by atoms with E-state index >= 15 is 0 Å². The van der Waals surface area contributed by atoms with Crippen molar-refractivity contribution in [2.75, 3.05) is 12.4 Å². The molecule has 0 bridgehead atoms. The highest BCUT2D eigenvalue weighted by molar-refractivity contribution is 6.36. The van der Waals surface area contributed by atoms with E-state index in [2.05, 4.69) is 29.6 Å². The Kier molecular flexibility index (Phi) is 4.27. The summed E-state index contributed by atoms with van der Waals surface area (Å²) in [6.07, 6.45) is 0. The highest BCUT2D eigenvalue weighted by Crippen LogP contribution is 2.31. The van der Waals surface area contributed by atoms with Crippen LogP contribution in [-0.2, 0) is 6.54 Å². The largest absolute Gasteiger partial charge is 0.467 e. The van der Waals surface area contributed by atoms with Crippen molar-refractivity contribution in [1.29, 1.82) is 0 Å². The summed E-state index contributed by atoms with van der Waals surface area (Å²) >= 11 is 6.23. The number of hydrogen-bond acceptors (Lipinski definition) is 4. The van der Waals surface area contributed by atoms with E-state index in [0.29, 0.717) is 22.3 Å². The minimum Gasteiger partial charge on any atom is -0.467 e. The standard InChI is InChI=1S/C21H16ClNO3/c1-25-21-19(22)17-10-9-15(11-18(17)20(24)26-21)23-12-14-7-4-6-13-5-2-3-8-16(13)14/h2-11,23H,12H2,1H3. The van der Waals surface area contributed by atoms with E-state index in [1.54, 1.807) is 12.1 Å². The van der Waals surface area contributed by atoms with Gasteiger partial charge in [0.05, 0.1) is 12.5 Å². The Morgan fingerprint density at radius 1 is 1.00 bits per heavy atom. The Bertz CT molecular complexity index is 1160. The maximum absolute atomic E-state index is 12.2. The summed E-state index contributed by atoms with van der Waals surface area (Å²) in [5.41, 5.74) is 1.53. The molecule has 0 radical (unpaired) electrons. The molecule has 130 valence electrons. The van der Waals surface area contributed by atoms with Gasteiger partial charge in [0.2, 0.25) is 0 Å². The molecule has 1 aromatic heterocycles. The van der Waals surface area contributed by atoms with E-state index in [-0.39, 0.29) is 5.95 Å². The van der Waals surface area contributed by atoms with Crippen LogP contribution in [0.2, 0.25) is 5.02 Å². The van der Waals surface area contributed by atoms with Gasteiger partial charge in [0.25, 0.3) is 0 Å². The summed E-state index contributed by atoms with van der Waals surface area (Å²) in [4.78, 5) is 12.2. The van der Waals surface area contributed by atoms with Gasteiger partial charge in [-0.2, -0.15) is 0 Å². The zero-order valence-corrected chi connectivity index (χ0v) is 14.8. The molecule has 0 unspecified atom stereocenters. The molecule has 0 spiro atoms. The zero-order valence-electron chi connectivity index (χ0n) is 14.1. The predicted octanol–water partition coefficient (Wildman–Crippen LogP) is 5.22. The monoisotopic (exact) mass is 365 g/mol. The lowest BCUT2D eigenvalue weighted by atomic mass is 10.0. The number of halogens is 1. The fourth-order valence-electron chi connectivity index (χ4n) is 3.08. The van der Waals surface area contributed by atoms with Gasteiger partial charge in [0.15, 0.2) is 0 Å². The van der Waals surface area contributed by atoms with Crippen molar-refractivity contribution in [2.45, 2.75) is 6.54 Å². The normalized spacial score (nSPS) is 11.0. The van der Waals surface area contributed by atoms with E-state index in [4.69, 9.17) is 20.8 Å². The highest BCUT2D eigenvalue weighted by atomic mass is 35.5. The predicted molar refractivity (Wildman–Crippen MR) is 105 cm³/mol. The molecule has 3 aromatic carbocycles. The van der Waals surface area contributed by atoms with Crippen LogP contribution in [0.4, 0.5) is 5.69 Å². The van der Waals surface area contributed by atoms with Crippen LogP contribution >= 0.6 is 11.6 Å². The molecule has 0 aliphatic heterocycles.